The number of nitrogens with zero attached hydrogens (tertiary/aromatic N) is 3. The van der Waals surface area contributed by atoms with E-state index in [-0.39, 0.29) is 51.2 Å². The number of hydrogen-bond acceptors (Lipinski definition) is 9. The molecular weight excluding hydrogens is 768 g/mol. The lowest BCUT2D eigenvalue weighted by Crippen LogP contribution is -2.63. The van der Waals surface area contributed by atoms with Crippen LogP contribution in [0.2, 0.25) is 5.02 Å². The molecule has 4 N–H and O–H groups in total. The molecule has 2 aromatic rings. The summed E-state index contributed by atoms with van der Waals surface area (Å²) in [5, 5.41) is 19.7. The van der Waals surface area contributed by atoms with Crippen LogP contribution >= 0.6 is 11.6 Å². The van der Waals surface area contributed by atoms with Gasteiger partial charge >= 0.3 is 5.97 Å². The molecule has 16 heteroatoms. The minimum atomic E-state index is -1.58. The van der Waals surface area contributed by atoms with Gasteiger partial charge in [0.2, 0.25) is 35.4 Å². The van der Waals surface area contributed by atoms with Crippen molar-refractivity contribution in [2.75, 3.05) is 19.6 Å². The lowest BCUT2D eigenvalue weighted by molar-refractivity contribution is -0.163. The fourth-order valence-electron chi connectivity index (χ4n) is 8.54. The highest BCUT2D eigenvalue weighted by molar-refractivity contribution is 6.30. The van der Waals surface area contributed by atoms with Crippen LogP contribution in [-0.2, 0) is 51.1 Å². The topological polar surface area (TPSA) is 195 Å². The molecule has 0 spiro atoms. The van der Waals surface area contributed by atoms with Crippen LogP contribution < -0.4 is 16.0 Å². The van der Waals surface area contributed by atoms with E-state index in [2.05, 4.69) is 16.0 Å². The van der Waals surface area contributed by atoms with Crippen LogP contribution in [0.25, 0.3) is 0 Å². The number of hydrogen-bond donors (Lipinski definition) is 4. The number of aliphatic hydroxyl groups is 1. The van der Waals surface area contributed by atoms with E-state index >= 15 is 0 Å². The van der Waals surface area contributed by atoms with E-state index in [0.29, 0.717) is 29.8 Å². The first kappa shape index (κ1) is 42.6. The largest absolute Gasteiger partial charge is 0.458 e. The monoisotopic (exact) mass is 820 g/mol. The average Bonchev–Trinajstić information content (AvgIpc) is 3.78. The minimum Gasteiger partial charge on any atom is -0.458 e. The molecule has 6 rings (SSSR count). The highest BCUT2D eigenvalue weighted by atomic mass is 35.5. The highest BCUT2D eigenvalue weighted by Crippen LogP contribution is 2.29. The summed E-state index contributed by atoms with van der Waals surface area (Å²) in [6.07, 6.45) is -0.699. The first-order valence-corrected chi connectivity index (χ1v) is 20.5. The van der Waals surface area contributed by atoms with E-state index in [1.165, 1.54) is 28.5 Å². The molecule has 312 valence electrons. The number of carbonyl (C=O) groups excluding carboxylic acids is 7. The number of carbonyl (C=O) groups is 7. The van der Waals surface area contributed by atoms with Crippen molar-refractivity contribution in [3.05, 3.63) is 70.2 Å². The summed E-state index contributed by atoms with van der Waals surface area (Å²) in [4.78, 5) is 102. The lowest BCUT2D eigenvalue weighted by Gasteiger charge is -2.39. The van der Waals surface area contributed by atoms with Crippen molar-refractivity contribution in [1.82, 2.24) is 30.7 Å². The Morgan fingerprint density at radius 1 is 0.879 bits per heavy atom. The summed E-state index contributed by atoms with van der Waals surface area (Å²) in [6.45, 7) is 6.95. The molecule has 0 radical (unpaired) electrons. The van der Waals surface area contributed by atoms with Gasteiger partial charge in [-0.2, -0.15) is 0 Å². The quantitative estimate of drug-likeness (QED) is 0.299. The molecule has 4 aliphatic rings. The van der Waals surface area contributed by atoms with Crippen LogP contribution in [0.15, 0.2) is 48.5 Å². The second-order valence-electron chi connectivity index (χ2n) is 16.3. The second-order valence-corrected chi connectivity index (χ2v) is 16.7. The molecule has 58 heavy (non-hydrogen) atoms. The summed E-state index contributed by atoms with van der Waals surface area (Å²) < 4.78 is 5.94. The summed E-state index contributed by atoms with van der Waals surface area (Å²) in [5.41, 5.74) is 2.32. The molecule has 4 heterocycles. The van der Waals surface area contributed by atoms with Crippen LogP contribution in [0.4, 0.5) is 0 Å². The molecule has 0 bridgehead atoms. The molecule has 0 aromatic heterocycles. The normalized spacial score (nSPS) is 28.9. The van der Waals surface area contributed by atoms with E-state index in [9.17, 15) is 38.7 Å². The van der Waals surface area contributed by atoms with E-state index in [1.807, 2.05) is 38.1 Å². The molecule has 15 nitrogen and oxygen atoms in total. The van der Waals surface area contributed by atoms with E-state index in [1.54, 1.807) is 24.3 Å². The first-order chi connectivity index (χ1) is 27.6. The van der Waals surface area contributed by atoms with Crippen LogP contribution in [0, 0.1) is 12.8 Å². The Morgan fingerprint density at radius 2 is 1.60 bits per heavy atom. The second kappa shape index (κ2) is 18.3. The maximum Gasteiger partial charge on any atom is 0.329 e. The van der Waals surface area contributed by atoms with Gasteiger partial charge in [-0.3, -0.25) is 28.8 Å². The van der Waals surface area contributed by atoms with Gasteiger partial charge in [0, 0.05) is 37.5 Å². The van der Waals surface area contributed by atoms with Crippen molar-refractivity contribution in [3.8, 4) is 0 Å². The molecule has 0 saturated carbocycles. The van der Waals surface area contributed by atoms with Crippen LogP contribution in [0.3, 0.4) is 0 Å². The van der Waals surface area contributed by atoms with Gasteiger partial charge in [-0.05, 0) is 75.6 Å². The van der Waals surface area contributed by atoms with E-state index in [4.69, 9.17) is 16.3 Å². The molecule has 6 amide bonds. The molecule has 9 atom stereocenters. The number of cyclic esters (lactones) is 1. The van der Waals surface area contributed by atoms with Crippen molar-refractivity contribution >= 4 is 53.0 Å². The minimum absolute atomic E-state index is 0.0477. The third-order valence-corrected chi connectivity index (χ3v) is 11.8. The van der Waals surface area contributed by atoms with Crippen LogP contribution in [0.5, 0.6) is 0 Å². The molecule has 4 saturated heterocycles. The third kappa shape index (κ3) is 9.80. The smallest absolute Gasteiger partial charge is 0.329 e. The number of amides is 6. The average molecular weight is 821 g/mol. The van der Waals surface area contributed by atoms with E-state index < -0.39 is 89.9 Å². The van der Waals surface area contributed by atoms with Crippen LogP contribution in [-0.4, -0.2) is 129 Å². The summed E-state index contributed by atoms with van der Waals surface area (Å²) in [7, 11) is 0. The van der Waals surface area contributed by atoms with Gasteiger partial charge in [-0.15, -0.1) is 0 Å². The number of ether oxygens (including phenoxy) is 1. The predicted molar refractivity (Wildman–Crippen MR) is 212 cm³/mol. The SMILES string of the molecule is Cc1cccc(C[C@H](NC(=O)Cc2ccc(Cl)cc2)C(=O)N[C@@H]2C(=O)N3C[C@H](O)C[C@H]3C(=O)N3CCCC[C@H]3C(=O)N[C@@H](C)C(=O)N3C[C@@H](C)C[C@H]3C(=O)O[C@H]2C)c1. The Labute approximate surface area is 343 Å². The number of rotatable bonds is 7. The molecule has 4 fully saturated rings. The predicted octanol–water partition coefficient (Wildman–Crippen LogP) is 1.43. The standard InChI is InChI=1S/C42H53ClN6O9/c1-23-8-7-9-28(16-23)18-31(45-35(51)19-27-11-13-29(43)14-12-27)37(52)46-36-26(4)58-42(57)34-17-24(2)21-48(34)39(54)25(3)44-38(53)32-10-5-6-15-47(32)40(55)33-20-30(50)22-49(33)41(36)56/h7-9,11-14,16,24-26,30-34,36,50H,5-6,10,15,17-22H2,1-4H3,(H,44,53)(H,45,51)(H,46,52)/t24-,25-,26-,30+,31-,32-,33-,34-,36-/m0/s1. The number of aryl methyl sites for hydroxylation is 1. The Bertz CT molecular complexity index is 1910. The molecule has 0 aliphatic carbocycles. The Morgan fingerprint density at radius 3 is 2.33 bits per heavy atom. The van der Waals surface area contributed by atoms with Gasteiger partial charge in [-0.25, -0.2) is 4.79 Å². The van der Waals surface area contributed by atoms with Crippen LogP contribution in [0.1, 0.15) is 69.6 Å². The summed E-state index contributed by atoms with van der Waals surface area (Å²) in [5.74, 6) is -4.48. The number of fused-ring (bicyclic) bond motifs is 3. The maximum absolute atomic E-state index is 14.8. The van der Waals surface area contributed by atoms with Gasteiger partial charge < -0.3 is 40.5 Å². The van der Waals surface area contributed by atoms with Crippen molar-refractivity contribution in [2.24, 2.45) is 5.92 Å². The Hall–Kier alpha value is -5.02. The van der Waals surface area contributed by atoms with E-state index in [0.717, 1.165) is 11.1 Å². The zero-order valence-electron chi connectivity index (χ0n) is 33.3. The molecule has 2 aromatic carbocycles. The number of benzene rings is 2. The van der Waals surface area contributed by atoms with Gasteiger partial charge in [-0.1, -0.05) is 60.5 Å². The fourth-order valence-corrected chi connectivity index (χ4v) is 8.67. The Kier molecular flexibility index (Phi) is 13.4. The molecular formula is C42H53ClN6O9. The summed E-state index contributed by atoms with van der Waals surface area (Å²) >= 11 is 6.04. The zero-order valence-corrected chi connectivity index (χ0v) is 34.1. The van der Waals surface area contributed by atoms with Crippen molar-refractivity contribution in [3.63, 3.8) is 0 Å². The molecule has 4 aliphatic heterocycles. The Balaban J connectivity index is 1.34. The zero-order chi connectivity index (χ0) is 41.8. The van der Waals surface area contributed by atoms with Crippen molar-refractivity contribution in [2.45, 2.75) is 121 Å². The third-order valence-electron chi connectivity index (χ3n) is 11.5. The number of piperidine rings is 1. The molecule has 0 unspecified atom stereocenters. The van der Waals surface area contributed by atoms with Gasteiger partial charge in [0.25, 0.3) is 0 Å². The summed E-state index contributed by atoms with van der Waals surface area (Å²) in [6, 6.07) is 7.17. The number of halogens is 1. The number of aliphatic hydroxyl groups excluding tert-OH is 1. The fraction of sp³-hybridized carbons (Fsp3) is 0.548. The van der Waals surface area contributed by atoms with Gasteiger partial charge in [0.05, 0.1) is 12.5 Å². The van der Waals surface area contributed by atoms with Crippen molar-refractivity contribution < 1.29 is 43.4 Å². The first-order valence-electron chi connectivity index (χ1n) is 20.1. The van der Waals surface area contributed by atoms with Gasteiger partial charge in [0.15, 0.2) is 0 Å². The number of nitrogens with one attached hydrogen (secondary N) is 3. The highest BCUT2D eigenvalue weighted by Gasteiger charge is 2.49. The van der Waals surface area contributed by atoms with Gasteiger partial charge in [0.1, 0.15) is 42.4 Å². The van der Waals surface area contributed by atoms with Crippen molar-refractivity contribution in [1.29, 1.82) is 0 Å². The maximum atomic E-state index is 14.8. The number of esters is 1. The lowest BCUT2D eigenvalue weighted by atomic mass is 9.98.